The predicted octanol–water partition coefficient (Wildman–Crippen LogP) is 8.58. The number of urea groups is 1. The van der Waals surface area contributed by atoms with Crippen LogP contribution in [0.2, 0.25) is 0 Å². The first-order valence-corrected chi connectivity index (χ1v) is 19.9. The summed E-state index contributed by atoms with van der Waals surface area (Å²) < 4.78 is 11.2. The number of fused-ring (bicyclic) bond motifs is 1. The molecule has 2 spiro atoms. The molecule has 6 aliphatic rings. The lowest BCUT2D eigenvalue weighted by molar-refractivity contribution is -0.174. The van der Waals surface area contributed by atoms with Crippen LogP contribution in [0.15, 0.2) is 84.5 Å². The Hall–Kier alpha value is -3.92. The number of hydrogen-bond acceptors (Lipinski definition) is 7. The molecule has 8 atom stereocenters. The molecule has 280 valence electrons. The van der Waals surface area contributed by atoms with Gasteiger partial charge in [0.25, 0.3) is 0 Å². The second-order valence-electron chi connectivity index (χ2n) is 16.9. The molecule has 1 unspecified atom stereocenters. The summed E-state index contributed by atoms with van der Waals surface area (Å²) >= 11 is 1.54. The number of rotatable bonds is 9. The fourth-order valence-corrected chi connectivity index (χ4v) is 12.5. The number of ether oxygens (including phenoxy) is 2. The van der Waals surface area contributed by atoms with Gasteiger partial charge in [-0.05, 0) is 106 Å². The molecule has 9 rings (SSSR count). The Bertz CT molecular complexity index is 1990. The van der Waals surface area contributed by atoms with Crippen molar-refractivity contribution >= 4 is 28.8 Å². The van der Waals surface area contributed by atoms with E-state index in [1.807, 2.05) is 67.6 Å². The number of para-hydroxylation sites is 1. The first kappa shape index (κ1) is 36.1. The number of thiophene rings is 1. The van der Waals surface area contributed by atoms with E-state index in [9.17, 15) is 19.8 Å². The van der Waals surface area contributed by atoms with Crippen molar-refractivity contribution in [3.63, 3.8) is 0 Å². The highest BCUT2D eigenvalue weighted by Gasteiger charge is 2.74. The van der Waals surface area contributed by atoms with Crippen molar-refractivity contribution in [2.24, 2.45) is 33.5 Å². The van der Waals surface area contributed by atoms with Crippen molar-refractivity contribution in [3.8, 4) is 11.5 Å². The zero-order chi connectivity index (χ0) is 37.4. The molecule has 3 N–H and O–H groups in total. The van der Waals surface area contributed by atoms with Crippen molar-refractivity contribution in [3.05, 3.63) is 99.8 Å². The molecule has 2 bridgehead atoms. The minimum atomic E-state index is -1.23. The van der Waals surface area contributed by atoms with Gasteiger partial charge in [0.15, 0.2) is 5.78 Å². The van der Waals surface area contributed by atoms with E-state index in [4.69, 9.17) is 9.47 Å². The van der Waals surface area contributed by atoms with Crippen molar-refractivity contribution in [1.29, 1.82) is 0 Å². The van der Waals surface area contributed by atoms with E-state index in [0.29, 0.717) is 30.0 Å². The standard InChI is InChI=1S/C44H52N2O6S/c1-28-11-14-35(53-28)38(48)33-25-42-21-22-44(33)36(40(42,2)18-15-31(47)24-42)16-19-41(3)37(44)17-20-43(41,50)27-46(39(49)45-30-9-7-6-8-10-30)26-29-12-13-32(51-4)23-34(29)52-5/h6-14,21-23,25,31,36-37,47,50H,15-20,24,26-27H2,1-5H3,(H,45,49)/t31?,36-,37-,40-,41+,42+,43-,44-/m1/s1. The number of Topliss-reactive ketones (excluding diaryl/α,β-unsaturated/α-hetero) is 1. The van der Waals surface area contributed by atoms with Gasteiger partial charge in [-0.15, -0.1) is 11.3 Å². The summed E-state index contributed by atoms with van der Waals surface area (Å²) in [6.07, 6.45) is 11.7. The summed E-state index contributed by atoms with van der Waals surface area (Å²) in [6.45, 7) is 6.98. The van der Waals surface area contributed by atoms with Gasteiger partial charge in [0, 0.05) is 44.0 Å². The Morgan fingerprint density at radius 2 is 1.66 bits per heavy atom. The molecule has 8 nitrogen and oxygen atoms in total. The van der Waals surface area contributed by atoms with Crippen molar-refractivity contribution < 1.29 is 29.3 Å². The van der Waals surface area contributed by atoms with E-state index in [-0.39, 0.29) is 47.6 Å². The minimum absolute atomic E-state index is 0.0252. The molecule has 3 fully saturated rings. The number of nitrogens with zero attached hydrogens (tertiary/aromatic N) is 1. The second kappa shape index (κ2) is 12.8. The van der Waals surface area contributed by atoms with E-state index < -0.39 is 22.5 Å². The van der Waals surface area contributed by atoms with Crippen molar-refractivity contribution in [1.82, 2.24) is 4.90 Å². The van der Waals surface area contributed by atoms with Crippen LogP contribution in [-0.2, 0) is 6.54 Å². The number of aliphatic hydroxyl groups is 2. The summed E-state index contributed by atoms with van der Waals surface area (Å²) in [7, 11) is 3.21. The maximum atomic E-state index is 14.8. The summed E-state index contributed by atoms with van der Waals surface area (Å²) in [6, 6.07) is 18.6. The third kappa shape index (κ3) is 5.35. The number of methoxy groups -OCH3 is 2. The molecule has 1 heterocycles. The lowest BCUT2D eigenvalue weighted by atomic mass is 9.32. The Labute approximate surface area is 316 Å². The summed E-state index contributed by atoms with van der Waals surface area (Å²) in [4.78, 5) is 32.6. The molecule has 3 saturated carbocycles. The third-order valence-corrected chi connectivity index (χ3v) is 15.5. The Balaban J connectivity index is 1.19. The number of benzene rings is 2. The van der Waals surface area contributed by atoms with Crippen LogP contribution in [0.4, 0.5) is 10.5 Å². The highest BCUT2D eigenvalue weighted by molar-refractivity contribution is 7.14. The van der Waals surface area contributed by atoms with Crippen molar-refractivity contribution in [2.45, 2.75) is 84.0 Å². The average Bonchev–Trinajstić information content (AvgIpc) is 3.71. The molecular weight excluding hydrogens is 685 g/mol. The van der Waals surface area contributed by atoms with Gasteiger partial charge in [0.1, 0.15) is 11.5 Å². The summed E-state index contributed by atoms with van der Waals surface area (Å²) in [5.41, 5.74) is -0.590. The van der Waals surface area contributed by atoms with Crippen LogP contribution < -0.4 is 14.8 Å². The fraction of sp³-hybridized carbons (Fsp3) is 0.500. The summed E-state index contributed by atoms with van der Waals surface area (Å²) in [5, 5.41) is 27.3. The highest BCUT2D eigenvalue weighted by Crippen LogP contribution is 2.78. The van der Waals surface area contributed by atoms with Gasteiger partial charge < -0.3 is 29.9 Å². The first-order chi connectivity index (χ1) is 25.3. The Morgan fingerprint density at radius 1 is 0.925 bits per heavy atom. The SMILES string of the molecule is COc1ccc(CN(C[C@]2(O)CC[C@H]3[C@]45C=C[C@@]6(C=C4C(=O)c4ccc(C)s4)CC(O)CC[C@]6(C)[C@H]5CC[C@@]32C)C(=O)Nc2ccccc2)c(OC)c1. The third-order valence-electron chi connectivity index (χ3n) is 14.5. The van der Waals surface area contributed by atoms with Gasteiger partial charge in [0.05, 0.1) is 43.9 Å². The number of carbonyl (C=O) groups excluding carboxylic acids is 2. The van der Waals surface area contributed by atoms with Gasteiger partial charge in [-0.25, -0.2) is 4.79 Å². The normalized spacial score (nSPS) is 35.1. The van der Waals surface area contributed by atoms with Crippen LogP contribution in [-0.4, -0.2) is 59.4 Å². The van der Waals surface area contributed by atoms with Gasteiger partial charge in [-0.1, -0.05) is 50.3 Å². The Kier molecular flexibility index (Phi) is 8.74. The molecule has 53 heavy (non-hydrogen) atoms. The van der Waals surface area contributed by atoms with E-state index in [0.717, 1.165) is 53.0 Å². The van der Waals surface area contributed by atoms with E-state index in [1.54, 1.807) is 19.1 Å². The second-order valence-corrected chi connectivity index (χ2v) is 18.2. The fourth-order valence-electron chi connectivity index (χ4n) is 11.7. The zero-order valence-electron chi connectivity index (χ0n) is 31.5. The molecule has 2 amide bonds. The molecule has 0 radical (unpaired) electrons. The number of carbonyl (C=O) groups is 2. The Morgan fingerprint density at radius 3 is 2.38 bits per heavy atom. The van der Waals surface area contributed by atoms with Crippen LogP contribution in [0.1, 0.15) is 78.9 Å². The van der Waals surface area contributed by atoms with E-state index in [1.165, 1.54) is 11.3 Å². The van der Waals surface area contributed by atoms with Crippen LogP contribution in [0.25, 0.3) is 0 Å². The maximum Gasteiger partial charge on any atom is 0.322 e. The van der Waals surface area contributed by atoms with E-state index >= 15 is 0 Å². The van der Waals surface area contributed by atoms with Crippen LogP contribution in [0, 0.1) is 40.4 Å². The molecule has 6 aliphatic carbocycles. The van der Waals surface area contributed by atoms with E-state index in [2.05, 4.69) is 37.4 Å². The molecule has 2 aromatic carbocycles. The number of anilines is 1. The topological polar surface area (TPSA) is 108 Å². The lowest BCUT2D eigenvalue weighted by Gasteiger charge is -2.71. The molecule has 0 aliphatic heterocycles. The first-order valence-electron chi connectivity index (χ1n) is 19.1. The zero-order valence-corrected chi connectivity index (χ0v) is 32.3. The number of ketones is 1. The monoisotopic (exact) mass is 736 g/mol. The number of hydrogen-bond donors (Lipinski definition) is 3. The minimum Gasteiger partial charge on any atom is -0.497 e. The highest BCUT2D eigenvalue weighted by atomic mass is 32.1. The summed E-state index contributed by atoms with van der Waals surface area (Å²) in [5.74, 6) is 1.50. The number of aryl methyl sites for hydroxylation is 1. The number of nitrogens with one attached hydrogen (secondary N) is 1. The maximum absolute atomic E-state index is 14.8. The molecule has 3 aromatic rings. The molecule has 9 heteroatoms. The lowest BCUT2D eigenvalue weighted by Crippen LogP contribution is -2.67. The van der Waals surface area contributed by atoms with Gasteiger partial charge >= 0.3 is 6.03 Å². The largest absolute Gasteiger partial charge is 0.497 e. The quantitative estimate of drug-likeness (QED) is 0.150. The number of allylic oxidation sites excluding steroid dienone is 4. The smallest absolute Gasteiger partial charge is 0.322 e. The van der Waals surface area contributed by atoms with Gasteiger partial charge in [0.2, 0.25) is 0 Å². The molecule has 0 saturated heterocycles. The molecule has 1 aromatic heterocycles. The molecular formula is C44H52N2O6S. The van der Waals surface area contributed by atoms with Crippen LogP contribution in [0.3, 0.4) is 0 Å². The van der Waals surface area contributed by atoms with Crippen LogP contribution >= 0.6 is 11.3 Å². The van der Waals surface area contributed by atoms with Gasteiger partial charge in [-0.2, -0.15) is 0 Å². The van der Waals surface area contributed by atoms with Gasteiger partial charge in [-0.3, -0.25) is 4.79 Å². The number of amides is 2. The van der Waals surface area contributed by atoms with Crippen molar-refractivity contribution in [2.75, 3.05) is 26.1 Å². The average molecular weight is 737 g/mol. The van der Waals surface area contributed by atoms with Crippen LogP contribution in [0.5, 0.6) is 11.5 Å². The number of aliphatic hydroxyl groups excluding tert-OH is 1. The predicted molar refractivity (Wildman–Crippen MR) is 207 cm³/mol.